The van der Waals surface area contributed by atoms with Crippen molar-refractivity contribution >= 4 is 29.1 Å². The molecule has 100 valence electrons. The molecule has 0 saturated heterocycles. The first kappa shape index (κ1) is 15.4. The van der Waals surface area contributed by atoms with Gasteiger partial charge in [-0.05, 0) is 37.1 Å². The van der Waals surface area contributed by atoms with Crippen molar-refractivity contribution in [3.63, 3.8) is 0 Å². The van der Waals surface area contributed by atoms with E-state index in [1.165, 1.54) is 0 Å². The SMILES string of the molecule is Cc1cc(C)cc(OCC(=O)NC(C#N)=C(Cl)Cl)c1. The molecule has 1 aromatic rings. The number of hydrogen-bond donors (Lipinski definition) is 1. The molecule has 0 fully saturated rings. The summed E-state index contributed by atoms with van der Waals surface area (Å²) in [6, 6.07) is 7.30. The number of nitrogens with zero attached hydrogens (tertiary/aromatic N) is 1. The summed E-state index contributed by atoms with van der Waals surface area (Å²) in [6.45, 7) is 3.64. The molecule has 0 bridgehead atoms. The molecule has 1 aromatic carbocycles. The molecule has 0 heterocycles. The second kappa shape index (κ2) is 7.03. The maximum Gasteiger partial charge on any atom is 0.262 e. The van der Waals surface area contributed by atoms with Gasteiger partial charge in [0.15, 0.2) is 12.3 Å². The number of hydrogen-bond acceptors (Lipinski definition) is 3. The van der Waals surface area contributed by atoms with Gasteiger partial charge >= 0.3 is 0 Å². The van der Waals surface area contributed by atoms with Crippen molar-refractivity contribution in [1.82, 2.24) is 5.32 Å². The number of aryl methyl sites for hydroxylation is 2. The Morgan fingerprint density at radius 2 is 1.89 bits per heavy atom. The van der Waals surface area contributed by atoms with E-state index < -0.39 is 5.91 Å². The molecule has 0 atom stereocenters. The standard InChI is InChI=1S/C13H12Cl2N2O2/c1-8-3-9(2)5-10(4-8)19-7-12(18)17-11(6-16)13(14)15/h3-5H,7H2,1-2H3,(H,17,18). The van der Waals surface area contributed by atoms with Crippen LogP contribution in [-0.4, -0.2) is 12.5 Å². The molecule has 19 heavy (non-hydrogen) atoms. The monoisotopic (exact) mass is 298 g/mol. The Balaban J connectivity index is 2.60. The summed E-state index contributed by atoms with van der Waals surface area (Å²) in [5, 5.41) is 10.9. The lowest BCUT2D eigenvalue weighted by Crippen LogP contribution is -2.28. The van der Waals surface area contributed by atoms with Gasteiger partial charge in [0.2, 0.25) is 0 Å². The van der Waals surface area contributed by atoms with Crippen LogP contribution in [0.15, 0.2) is 28.4 Å². The molecular formula is C13H12Cl2N2O2. The number of nitrogens with one attached hydrogen (secondary N) is 1. The predicted octanol–water partition coefficient (Wildman–Crippen LogP) is 2.97. The maximum atomic E-state index is 11.5. The lowest BCUT2D eigenvalue weighted by atomic mass is 10.1. The topological polar surface area (TPSA) is 62.1 Å². The average molecular weight is 299 g/mol. The minimum Gasteiger partial charge on any atom is -0.484 e. The van der Waals surface area contributed by atoms with Gasteiger partial charge in [0.1, 0.15) is 16.3 Å². The van der Waals surface area contributed by atoms with Gasteiger partial charge in [0.05, 0.1) is 0 Å². The fraction of sp³-hybridized carbons (Fsp3) is 0.231. The Bertz CT molecular complexity index is 538. The number of amides is 1. The Labute approximate surface area is 121 Å². The number of nitriles is 1. The lowest BCUT2D eigenvalue weighted by Gasteiger charge is -2.08. The number of carbonyl (C=O) groups excluding carboxylic acids is 1. The van der Waals surface area contributed by atoms with Crippen LogP contribution in [-0.2, 0) is 4.79 Å². The van der Waals surface area contributed by atoms with E-state index in [4.69, 9.17) is 33.2 Å². The van der Waals surface area contributed by atoms with Gasteiger partial charge in [-0.1, -0.05) is 29.3 Å². The van der Waals surface area contributed by atoms with Crippen LogP contribution in [0.5, 0.6) is 5.75 Å². The highest BCUT2D eigenvalue weighted by Gasteiger charge is 2.08. The van der Waals surface area contributed by atoms with Crippen molar-refractivity contribution in [3.05, 3.63) is 39.5 Å². The van der Waals surface area contributed by atoms with E-state index in [0.717, 1.165) is 11.1 Å². The number of carbonyl (C=O) groups is 1. The van der Waals surface area contributed by atoms with Crippen LogP contribution in [0.4, 0.5) is 0 Å². The van der Waals surface area contributed by atoms with Gasteiger partial charge < -0.3 is 10.1 Å². The van der Waals surface area contributed by atoms with Crippen molar-refractivity contribution in [3.8, 4) is 11.8 Å². The summed E-state index contributed by atoms with van der Waals surface area (Å²) >= 11 is 10.8. The molecule has 0 aliphatic carbocycles. The first-order chi connectivity index (χ1) is 8.92. The minimum atomic E-state index is -0.505. The zero-order valence-electron chi connectivity index (χ0n) is 10.5. The first-order valence-corrected chi connectivity index (χ1v) is 6.14. The van der Waals surface area contributed by atoms with Crippen molar-refractivity contribution < 1.29 is 9.53 Å². The largest absolute Gasteiger partial charge is 0.484 e. The minimum absolute atomic E-state index is 0.197. The molecule has 0 radical (unpaired) electrons. The number of benzene rings is 1. The molecule has 0 saturated carbocycles. The van der Waals surface area contributed by atoms with Crippen molar-refractivity contribution in [1.29, 1.82) is 5.26 Å². The van der Waals surface area contributed by atoms with E-state index in [-0.39, 0.29) is 16.8 Å². The zero-order valence-corrected chi connectivity index (χ0v) is 12.0. The molecule has 0 unspecified atom stereocenters. The third kappa shape index (κ3) is 5.21. The van der Waals surface area contributed by atoms with Crippen LogP contribution in [0.3, 0.4) is 0 Å². The highest BCUT2D eigenvalue weighted by Crippen LogP contribution is 2.16. The van der Waals surface area contributed by atoms with Crippen molar-refractivity contribution in [2.24, 2.45) is 0 Å². The molecule has 1 rings (SSSR count). The van der Waals surface area contributed by atoms with Gasteiger partial charge in [0, 0.05) is 0 Å². The fourth-order valence-corrected chi connectivity index (χ4v) is 1.64. The molecule has 0 aliphatic rings. The molecule has 4 nitrogen and oxygen atoms in total. The summed E-state index contributed by atoms with van der Waals surface area (Å²) < 4.78 is 5.03. The molecule has 1 amide bonds. The van der Waals surface area contributed by atoms with Gasteiger partial charge in [-0.15, -0.1) is 0 Å². The highest BCUT2D eigenvalue weighted by atomic mass is 35.5. The average Bonchev–Trinajstić information content (AvgIpc) is 2.32. The normalized spacial score (nSPS) is 9.42. The number of halogens is 2. The first-order valence-electron chi connectivity index (χ1n) is 5.38. The molecule has 1 N–H and O–H groups in total. The smallest absolute Gasteiger partial charge is 0.262 e. The van der Waals surface area contributed by atoms with Crippen molar-refractivity contribution in [2.45, 2.75) is 13.8 Å². The maximum absolute atomic E-state index is 11.5. The third-order valence-electron chi connectivity index (χ3n) is 2.13. The Kier molecular flexibility index (Phi) is 5.68. The Morgan fingerprint density at radius 3 is 2.37 bits per heavy atom. The van der Waals surface area contributed by atoms with Gasteiger partial charge in [0.25, 0.3) is 5.91 Å². The van der Waals surface area contributed by atoms with Crippen molar-refractivity contribution in [2.75, 3.05) is 6.61 Å². The molecule has 0 aliphatic heterocycles. The number of allylic oxidation sites excluding steroid dienone is 1. The van der Waals surface area contributed by atoms with Crippen LogP contribution in [0.2, 0.25) is 0 Å². The molecule has 0 aromatic heterocycles. The summed E-state index contributed by atoms with van der Waals surface area (Å²) in [6.07, 6.45) is 0. The van der Waals surface area contributed by atoms with E-state index in [1.807, 2.05) is 32.0 Å². The van der Waals surface area contributed by atoms with Gasteiger partial charge in [-0.2, -0.15) is 5.26 Å². The van der Waals surface area contributed by atoms with E-state index in [1.54, 1.807) is 6.07 Å². The van der Waals surface area contributed by atoms with Crippen LogP contribution in [0.25, 0.3) is 0 Å². The van der Waals surface area contributed by atoms with Crippen LogP contribution in [0.1, 0.15) is 11.1 Å². The van der Waals surface area contributed by atoms with Crippen LogP contribution in [0, 0.1) is 25.2 Å². The van der Waals surface area contributed by atoms with Crippen LogP contribution >= 0.6 is 23.2 Å². The second-order valence-corrected chi connectivity index (χ2v) is 4.86. The van der Waals surface area contributed by atoms with E-state index in [9.17, 15) is 4.79 Å². The van der Waals surface area contributed by atoms with Gasteiger partial charge in [-0.25, -0.2) is 0 Å². The molecule has 6 heteroatoms. The lowest BCUT2D eigenvalue weighted by molar-refractivity contribution is -0.122. The Morgan fingerprint density at radius 1 is 1.32 bits per heavy atom. The summed E-state index contributed by atoms with van der Waals surface area (Å²) in [5.74, 6) is 0.0848. The van der Waals surface area contributed by atoms with E-state index in [0.29, 0.717) is 5.75 Å². The van der Waals surface area contributed by atoms with Gasteiger partial charge in [-0.3, -0.25) is 4.79 Å². The highest BCUT2D eigenvalue weighted by molar-refractivity contribution is 6.56. The predicted molar refractivity (Wildman–Crippen MR) is 73.9 cm³/mol. The van der Waals surface area contributed by atoms with E-state index >= 15 is 0 Å². The zero-order chi connectivity index (χ0) is 14.4. The summed E-state index contributed by atoms with van der Waals surface area (Å²) in [7, 11) is 0. The molecular weight excluding hydrogens is 287 g/mol. The Hall–Kier alpha value is -1.70. The fourth-order valence-electron chi connectivity index (χ4n) is 1.46. The number of ether oxygens (including phenoxy) is 1. The number of rotatable bonds is 4. The van der Waals surface area contributed by atoms with E-state index in [2.05, 4.69) is 5.32 Å². The third-order valence-corrected chi connectivity index (χ3v) is 2.51. The summed E-state index contributed by atoms with van der Waals surface area (Å²) in [5.41, 5.74) is 1.88. The second-order valence-electron chi connectivity index (χ2n) is 3.91. The van der Waals surface area contributed by atoms with Crippen LogP contribution < -0.4 is 10.1 Å². The quantitative estimate of drug-likeness (QED) is 0.869. The molecule has 0 spiro atoms. The summed E-state index contributed by atoms with van der Waals surface area (Å²) in [4.78, 5) is 11.5.